The number of carbonyl (C=O) groups excluding carboxylic acids is 1. The van der Waals surface area contributed by atoms with E-state index in [9.17, 15) is 18.0 Å². The predicted octanol–water partition coefficient (Wildman–Crippen LogP) is 2.34. The molecule has 0 aromatic heterocycles. The number of alkyl halides is 3. The van der Waals surface area contributed by atoms with Crippen molar-refractivity contribution in [1.29, 1.82) is 0 Å². The molecule has 0 aliphatic carbocycles. The smallest absolute Gasteiger partial charge is 0.398 e. The molecule has 0 unspecified atom stereocenters. The summed E-state index contributed by atoms with van der Waals surface area (Å²) in [5, 5.41) is 0. The van der Waals surface area contributed by atoms with Crippen molar-refractivity contribution in [3.8, 4) is 0 Å². The molecule has 0 radical (unpaired) electrons. The van der Waals surface area contributed by atoms with Crippen LogP contribution < -0.4 is 5.73 Å². The molecule has 1 aromatic carbocycles. The maximum absolute atomic E-state index is 13.0. The number of hydrogen-bond acceptors (Lipinski definition) is 4. The Balaban J connectivity index is 2.07. The molecule has 1 aliphatic heterocycles. The first-order valence-electron chi connectivity index (χ1n) is 7.37. The number of ether oxygens (including phenoxy) is 1. The lowest BCUT2D eigenvalue weighted by molar-refractivity contribution is -0.137. The summed E-state index contributed by atoms with van der Waals surface area (Å²) in [5.41, 5.74) is 4.82. The van der Waals surface area contributed by atoms with Gasteiger partial charge in [0, 0.05) is 29.8 Å². The summed E-state index contributed by atoms with van der Waals surface area (Å²) in [5.74, 6) is -0.0783. The molecule has 1 fully saturated rings. The number of rotatable bonds is 4. The van der Waals surface area contributed by atoms with Crippen LogP contribution in [0.15, 0.2) is 16.6 Å². The van der Waals surface area contributed by atoms with Crippen LogP contribution in [0.3, 0.4) is 0 Å². The zero-order chi connectivity index (χ0) is 17.9. The topological polar surface area (TPSA) is 58.8 Å². The molecule has 0 saturated carbocycles. The van der Waals surface area contributed by atoms with Crippen LogP contribution >= 0.6 is 15.9 Å². The van der Waals surface area contributed by atoms with Crippen LogP contribution in [0.4, 0.5) is 18.9 Å². The molecule has 0 atom stereocenters. The molecule has 2 rings (SSSR count). The normalized spacial score (nSPS) is 15.8. The largest absolute Gasteiger partial charge is 0.418 e. The highest BCUT2D eigenvalue weighted by molar-refractivity contribution is 9.10. The Kier molecular flexibility index (Phi) is 6.11. The summed E-state index contributed by atoms with van der Waals surface area (Å²) in [6.07, 6.45) is -4.52. The summed E-state index contributed by atoms with van der Waals surface area (Å²) in [6.45, 7) is 2.32. The van der Waals surface area contributed by atoms with E-state index in [2.05, 4.69) is 15.9 Å². The Morgan fingerprint density at radius 3 is 2.58 bits per heavy atom. The lowest BCUT2D eigenvalue weighted by Crippen LogP contribution is -2.44. The van der Waals surface area contributed by atoms with E-state index >= 15 is 0 Å². The van der Waals surface area contributed by atoms with Gasteiger partial charge in [-0.15, -0.1) is 0 Å². The number of halogens is 4. The van der Waals surface area contributed by atoms with E-state index in [0.29, 0.717) is 36.3 Å². The number of likely N-dealkylation sites (N-methyl/N-ethyl adjacent to an activating group) is 1. The fraction of sp³-hybridized carbons (Fsp3) is 0.533. The summed E-state index contributed by atoms with van der Waals surface area (Å²) >= 11 is 3.08. The van der Waals surface area contributed by atoms with Gasteiger partial charge in [0.15, 0.2) is 0 Å². The second-order valence-corrected chi connectivity index (χ2v) is 6.61. The predicted molar refractivity (Wildman–Crippen MR) is 87.3 cm³/mol. The Bertz CT molecular complexity index is 604. The first-order valence-corrected chi connectivity index (χ1v) is 8.17. The van der Waals surface area contributed by atoms with Crippen molar-refractivity contribution in [2.24, 2.45) is 0 Å². The molecule has 2 N–H and O–H groups in total. The minimum atomic E-state index is -4.52. The summed E-state index contributed by atoms with van der Waals surface area (Å²) < 4.78 is 44.5. The number of carbonyl (C=O) groups is 1. The second kappa shape index (κ2) is 7.71. The van der Waals surface area contributed by atoms with Crippen LogP contribution in [0.5, 0.6) is 0 Å². The number of benzene rings is 1. The molecular weight excluding hydrogens is 391 g/mol. The minimum Gasteiger partial charge on any atom is -0.398 e. The number of hydrogen-bond donors (Lipinski definition) is 1. The van der Waals surface area contributed by atoms with Crippen LogP contribution in [-0.2, 0) is 22.3 Å². The van der Waals surface area contributed by atoms with Crippen molar-refractivity contribution >= 4 is 27.5 Å². The van der Waals surface area contributed by atoms with Gasteiger partial charge in [0.1, 0.15) is 0 Å². The van der Waals surface area contributed by atoms with Crippen LogP contribution in [0.25, 0.3) is 0 Å². The van der Waals surface area contributed by atoms with Crippen LogP contribution in [-0.4, -0.2) is 55.6 Å². The minimum absolute atomic E-state index is 0.0783. The highest BCUT2D eigenvalue weighted by atomic mass is 79.9. The number of morpholine rings is 1. The Hall–Kier alpha value is -1.32. The van der Waals surface area contributed by atoms with E-state index in [1.165, 1.54) is 0 Å². The number of anilines is 1. The lowest BCUT2D eigenvalue weighted by atomic mass is 10.1. The van der Waals surface area contributed by atoms with Crippen LogP contribution in [0.1, 0.15) is 11.1 Å². The van der Waals surface area contributed by atoms with Gasteiger partial charge < -0.3 is 15.4 Å². The molecule has 1 saturated heterocycles. The molecule has 5 nitrogen and oxygen atoms in total. The number of nitrogens with zero attached hydrogens (tertiary/aromatic N) is 2. The van der Waals surface area contributed by atoms with Gasteiger partial charge in [0.05, 0.1) is 25.3 Å². The lowest BCUT2D eigenvalue weighted by Gasteiger charge is -2.29. The third kappa shape index (κ3) is 4.84. The Morgan fingerprint density at radius 1 is 1.38 bits per heavy atom. The standard InChI is InChI=1S/C15H19BrF3N3O2/c1-21(9-13(23)22-2-4-24-5-3-22)8-10-6-11(16)7-12(14(10)20)15(17,18)19/h6-7H,2-5,8-9,20H2,1H3. The van der Waals surface area contributed by atoms with E-state index in [1.54, 1.807) is 22.9 Å². The fourth-order valence-corrected chi connectivity index (χ4v) is 3.04. The number of nitrogen functional groups attached to an aromatic ring is 1. The summed E-state index contributed by atoms with van der Waals surface area (Å²) in [6, 6.07) is 2.50. The summed E-state index contributed by atoms with van der Waals surface area (Å²) in [7, 11) is 1.67. The van der Waals surface area contributed by atoms with Crippen LogP contribution in [0.2, 0.25) is 0 Å². The highest BCUT2D eigenvalue weighted by Crippen LogP contribution is 2.37. The maximum Gasteiger partial charge on any atom is 0.418 e. The average Bonchev–Trinajstić information content (AvgIpc) is 2.50. The molecule has 24 heavy (non-hydrogen) atoms. The van der Waals surface area contributed by atoms with E-state index in [0.717, 1.165) is 6.07 Å². The zero-order valence-electron chi connectivity index (χ0n) is 13.2. The van der Waals surface area contributed by atoms with E-state index < -0.39 is 11.7 Å². The molecule has 1 heterocycles. The highest BCUT2D eigenvalue weighted by Gasteiger charge is 2.34. The van der Waals surface area contributed by atoms with Gasteiger partial charge >= 0.3 is 6.18 Å². The fourth-order valence-electron chi connectivity index (χ4n) is 2.53. The van der Waals surface area contributed by atoms with Gasteiger partial charge in [-0.3, -0.25) is 9.69 Å². The summed E-state index contributed by atoms with van der Waals surface area (Å²) in [4.78, 5) is 15.5. The molecule has 134 valence electrons. The van der Waals surface area contributed by atoms with Crippen molar-refractivity contribution < 1.29 is 22.7 Å². The van der Waals surface area contributed by atoms with Gasteiger partial charge in [-0.1, -0.05) is 15.9 Å². The monoisotopic (exact) mass is 409 g/mol. The quantitative estimate of drug-likeness (QED) is 0.775. The molecule has 0 spiro atoms. The van der Waals surface area contributed by atoms with Gasteiger partial charge in [0.25, 0.3) is 0 Å². The SMILES string of the molecule is CN(CC(=O)N1CCOCC1)Cc1cc(Br)cc(C(F)(F)F)c1N. The molecular formula is C15H19BrF3N3O2. The number of amides is 1. The van der Waals surface area contributed by atoms with Crippen molar-refractivity contribution in [2.75, 3.05) is 45.6 Å². The van der Waals surface area contributed by atoms with E-state index in [-0.39, 0.29) is 24.7 Å². The molecule has 0 bridgehead atoms. The second-order valence-electron chi connectivity index (χ2n) is 5.69. The van der Waals surface area contributed by atoms with Crippen LogP contribution in [0, 0.1) is 0 Å². The first kappa shape index (κ1) is 19.0. The third-order valence-corrected chi connectivity index (χ3v) is 4.20. The zero-order valence-corrected chi connectivity index (χ0v) is 14.8. The van der Waals surface area contributed by atoms with Gasteiger partial charge in [-0.05, 0) is 24.7 Å². The van der Waals surface area contributed by atoms with E-state index in [1.807, 2.05) is 0 Å². The Morgan fingerprint density at radius 2 is 2.00 bits per heavy atom. The number of nitrogens with two attached hydrogens (primary N) is 1. The van der Waals surface area contributed by atoms with Crippen molar-refractivity contribution in [1.82, 2.24) is 9.80 Å². The van der Waals surface area contributed by atoms with Gasteiger partial charge in [-0.2, -0.15) is 13.2 Å². The van der Waals surface area contributed by atoms with Gasteiger partial charge in [0.2, 0.25) is 5.91 Å². The third-order valence-electron chi connectivity index (χ3n) is 3.75. The molecule has 1 aromatic rings. The van der Waals surface area contributed by atoms with E-state index in [4.69, 9.17) is 10.5 Å². The molecule has 9 heteroatoms. The van der Waals surface area contributed by atoms with Crippen molar-refractivity contribution in [2.45, 2.75) is 12.7 Å². The van der Waals surface area contributed by atoms with Crippen molar-refractivity contribution in [3.05, 3.63) is 27.7 Å². The molecule has 1 amide bonds. The van der Waals surface area contributed by atoms with Gasteiger partial charge in [-0.25, -0.2) is 0 Å². The maximum atomic E-state index is 13.0. The van der Waals surface area contributed by atoms with Crippen molar-refractivity contribution in [3.63, 3.8) is 0 Å². The first-order chi connectivity index (χ1) is 11.2. The molecule has 1 aliphatic rings. The Labute approximate surface area is 146 Å². The average molecular weight is 410 g/mol.